The summed E-state index contributed by atoms with van der Waals surface area (Å²) in [5.74, 6) is 1.20. The summed E-state index contributed by atoms with van der Waals surface area (Å²) in [5.41, 5.74) is 7.34. The topological polar surface area (TPSA) is 70.8 Å². The van der Waals surface area contributed by atoms with Crippen molar-refractivity contribution in [2.75, 3.05) is 27.1 Å². The number of rotatable bonds is 6. The van der Waals surface area contributed by atoms with Gasteiger partial charge in [0.05, 0.1) is 26.9 Å². The Kier molecular flexibility index (Phi) is 5.27. The summed E-state index contributed by atoms with van der Waals surface area (Å²) in [6, 6.07) is 7.49. The molecule has 0 bridgehead atoms. The highest BCUT2D eigenvalue weighted by Crippen LogP contribution is 2.29. The van der Waals surface area contributed by atoms with Crippen LogP contribution < -0.4 is 15.2 Å². The fourth-order valence-electron chi connectivity index (χ4n) is 2.19. The second-order valence-corrected chi connectivity index (χ2v) is 5.83. The van der Waals surface area contributed by atoms with Crippen molar-refractivity contribution in [1.82, 2.24) is 0 Å². The molecule has 0 fully saturated rings. The highest BCUT2D eigenvalue weighted by molar-refractivity contribution is 7.16. The molecule has 0 aliphatic heterocycles. The Morgan fingerprint density at radius 1 is 1.14 bits per heavy atom. The fourth-order valence-corrected chi connectivity index (χ4v) is 3.10. The number of esters is 1. The van der Waals surface area contributed by atoms with Crippen LogP contribution in [0.4, 0.5) is 5.00 Å². The average molecular weight is 321 g/mol. The minimum atomic E-state index is -0.404. The van der Waals surface area contributed by atoms with Gasteiger partial charge in [-0.15, -0.1) is 11.3 Å². The summed E-state index contributed by atoms with van der Waals surface area (Å²) in [7, 11) is 4.62. The average Bonchev–Trinajstić information content (AvgIpc) is 2.92. The molecule has 0 unspecified atom stereocenters. The van der Waals surface area contributed by atoms with Gasteiger partial charge in [0.25, 0.3) is 0 Å². The van der Waals surface area contributed by atoms with Crippen LogP contribution >= 0.6 is 11.3 Å². The van der Waals surface area contributed by atoms with E-state index in [4.69, 9.17) is 19.9 Å². The quantitative estimate of drug-likeness (QED) is 0.828. The van der Waals surface area contributed by atoms with Crippen LogP contribution in [0.1, 0.15) is 20.8 Å². The maximum atomic E-state index is 11.6. The predicted molar refractivity (Wildman–Crippen MR) is 87.0 cm³/mol. The number of aryl methyl sites for hydroxylation is 2. The lowest BCUT2D eigenvalue weighted by Gasteiger charge is -2.09. The minimum Gasteiger partial charge on any atom is -0.497 e. The van der Waals surface area contributed by atoms with Gasteiger partial charge in [0.1, 0.15) is 16.5 Å². The summed E-state index contributed by atoms with van der Waals surface area (Å²) in [4.78, 5) is 12.6. The number of thiophene rings is 1. The van der Waals surface area contributed by atoms with Gasteiger partial charge < -0.3 is 19.9 Å². The normalized spacial score (nSPS) is 10.3. The number of hydrogen-bond acceptors (Lipinski definition) is 6. The summed E-state index contributed by atoms with van der Waals surface area (Å²) in [6.07, 6.45) is 1.52. The first-order valence-corrected chi connectivity index (χ1v) is 7.58. The van der Waals surface area contributed by atoms with Crippen LogP contribution in [-0.2, 0) is 17.6 Å². The van der Waals surface area contributed by atoms with Crippen LogP contribution in [0.2, 0.25) is 0 Å². The molecule has 22 heavy (non-hydrogen) atoms. The summed E-state index contributed by atoms with van der Waals surface area (Å²) in [5, 5.41) is 0.486. The van der Waals surface area contributed by atoms with Gasteiger partial charge in [-0.3, -0.25) is 0 Å². The van der Waals surface area contributed by atoms with Gasteiger partial charge in [-0.25, -0.2) is 4.79 Å². The third-order valence-corrected chi connectivity index (χ3v) is 4.37. The molecule has 1 aromatic heterocycles. The van der Waals surface area contributed by atoms with E-state index in [9.17, 15) is 4.79 Å². The van der Waals surface area contributed by atoms with Crippen LogP contribution in [0.15, 0.2) is 24.3 Å². The molecule has 0 aliphatic rings. The molecule has 2 aromatic rings. The van der Waals surface area contributed by atoms with Crippen molar-refractivity contribution in [2.24, 2.45) is 0 Å². The minimum absolute atomic E-state index is 0.404. The first-order chi connectivity index (χ1) is 10.6. The highest BCUT2D eigenvalue weighted by Gasteiger charge is 2.15. The lowest BCUT2D eigenvalue weighted by atomic mass is 10.1. The Balaban J connectivity index is 2.15. The predicted octanol–water partition coefficient (Wildman–Crippen LogP) is 2.92. The molecule has 118 valence electrons. The molecule has 0 spiro atoms. The number of methoxy groups -OCH3 is 3. The van der Waals surface area contributed by atoms with Crippen LogP contribution in [0.5, 0.6) is 11.5 Å². The maximum absolute atomic E-state index is 11.6. The van der Waals surface area contributed by atoms with Crippen molar-refractivity contribution in [3.05, 3.63) is 40.3 Å². The van der Waals surface area contributed by atoms with E-state index in [0.29, 0.717) is 10.6 Å². The zero-order chi connectivity index (χ0) is 16.1. The van der Waals surface area contributed by atoms with Gasteiger partial charge in [0, 0.05) is 4.88 Å². The zero-order valence-electron chi connectivity index (χ0n) is 12.8. The Hall–Kier alpha value is -2.21. The van der Waals surface area contributed by atoms with E-state index >= 15 is 0 Å². The highest BCUT2D eigenvalue weighted by atomic mass is 32.1. The molecule has 0 aliphatic carbocycles. The van der Waals surface area contributed by atoms with Crippen LogP contribution in [0.25, 0.3) is 0 Å². The third-order valence-electron chi connectivity index (χ3n) is 3.35. The Labute approximate surface area is 133 Å². The number of carbonyl (C=O) groups excluding carboxylic acids is 1. The van der Waals surface area contributed by atoms with Gasteiger partial charge in [-0.05, 0) is 42.7 Å². The summed E-state index contributed by atoms with van der Waals surface area (Å²) in [6.45, 7) is 0. The van der Waals surface area contributed by atoms with Crippen molar-refractivity contribution < 1.29 is 19.0 Å². The number of nitrogens with two attached hydrogens (primary N) is 1. The molecular weight excluding hydrogens is 302 g/mol. The lowest BCUT2D eigenvalue weighted by molar-refractivity contribution is 0.0602. The third kappa shape index (κ3) is 3.51. The summed E-state index contributed by atoms with van der Waals surface area (Å²) >= 11 is 1.41. The second kappa shape index (κ2) is 7.17. The van der Waals surface area contributed by atoms with Crippen molar-refractivity contribution in [3.63, 3.8) is 0 Å². The van der Waals surface area contributed by atoms with Crippen molar-refractivity contribution in [1.29, 1.82) is 0 Å². The van der Waals surface area contributed by atoms with E-state index in [1.807, 2.05) is 18.2 Å². The number of benzene rings is 1. The first-order valence-electron chi connectivity index (χ1n) is 6.76. The van der Waals surface area contributed by atoms with Crippen molar-refractivity contribution in [3.8, 4) is 11.5 Å². The van der Waals surface area contributed by atoms with Crippen LogP contribution in [0, 0.1) is 0 Å². The van der Waals surface area contributed by atoms with E-state index in [0.717, 1.165) is 34.8 Å². The maximum Gasteiger partial charge on any atom is 0.340 e. The molecule has 0 amide bonds. The smallest absolute Gasteiger partial charge is 0.340 e. The molecule has 6 heteroatoms. The molecule has 0 radical (unpaired) electrons. The molecule has 0 saturated heterocycles. The molecule has 0 saturated carbocycles. The number of nitrogen functional groups attached to an aromatic ring is 1. The Morgan fingerprint density at radius 3 is 2.55 bits per heavy atom. The SMILES string of the molecule is COC(=O)c1cc(CCc2cc(OC)ccc2OC)sc1N. The van der Waals surface area contributed by atoms with Crippen LogP contribution in [-0.4, -0.2) is 27.3 Å². The Morgan fingerprint density at radius 2 is 1.91 bits per heavy atom. The number of ether oxygens (including phenoxy) is 3. The van der Waals surface area contributed by atoms with Crippen molar-refractivity contribution >= 4 is 22.3 Å². The molecule has 1 aromatic carbocycles. The molecule has 2 rings (SSSR count). The van der Waals surface area contributed by atoms with Crippen molar-refractivity contribution in [2.45, 2.75) is 12.8 Å². The van der Waals surface area contributed by atoms with Gasteiger partial charge >= 0.3 is 5.97 Å². The monoisotopic (exact) mass is 321 g/mol. The fraction of sp³-hybridized carbons (Fsp3) is 0.312. The largest absolute Gasteiger partial charge is 0.497 e. The zero-order valence-corrected chi connectivity index (χ0v) is 13.7. The van der Waals surface area contributed by atoms with Gasteiger partial charge in [-0.2, -0.15) is 0 Å². The second-order valence-electron chi connectivity index (χ2n) is 4.66. The standard InChI is InChI=1S/C16H19NO4S/c1-19-11-5-7-14(20-2)10(8-11)4-6-12-9-13(15(17)22-12)16(18)21-3/h5,7-9H,4,6,17H2,1-3H3. The van der Waals surface area contributed by atoms with Gasteiger partial charge in [0.15, 0.2) is 0 Å². The van der Waals surface area contributed by atoms with E-state index < -0.39 is 5.97 Å². The number of anilines is 1. The van der Waals surface area contributed by atoms with E-state index in [-0.39, 0.29) is 0 Å². The van der Waals surface area contributed by atoms with E-state index in [1.165, 1.54) is 18.4 Å². The van der Waals surface area contributed by atoms with Gasteiger partial charge in [-0.1, -0.05) is 0 Å². The van der Waals surface area contributed by atoms with E-state index in [1.54, 1.807) is 20.3 Å². The molecule has 0 atom stereocenters. The molecule has 2 N–H and O–H groups in total. The number of hydrogen-bond donors (Lipinski definition) is 1. The Bertz CT molecular complexity index is 666. The van der Waals surface area contributed by atoms with Gasteiger partial charge in [0.2, 0.25) is 0 Å². The molecule has 5 nitrogen and oxygen atoms in total. The molecule has 1 heterocycles. The van der Waals surface area contributed by atoms with Crippen LogP contribution in [0.3, 0.4) is 0 Å². The summed E-state index contributed by atoms with van der Waals surface area (Å²) < 4.78 is 15.3. The molecular formula is C16H19NO4S. The lowest BCUT2D eigenvalue weighted by Crippen LogP contribution is -2.02. The number of carbonyl (C=O) groups is 1. The first kappa shape index (κ1) is 16.2. The van der Waals surface area contributed by atoms with E-state index in [2.05, 4.69) is 0 Å².